The molecule has 2 nitrogen and oxygen atoms in total. The summed E-state index contributed by atoms with van der Waals surface area (Å²) in [5, 5.41) is 2.49. The predicted molar refractivity (Wildman–Crippen MR) is 39.8 cm³/mol. The molecule has 1 aromatic rings. The Balaban J connectivity index is 2.96. The van der Waals surface area contributed by atoms with Gasteiger partial charge in [0.2, 0.25) is 0 Å². The molecule has 0 atom stereocenters. The molecule has 0 bridgehead atoms. The smallest absolute Gasteiger partial charge is 0.251 e. The molecular formula is C8H9NO. The molecule has 0 radical (unpaired) electrons. The molecule has 0 aliphatic heterocycles. The predicted octanol–water partition coefficient (Wildman–Crippen LogP) is 1.05. The normalized spacial score (nSPS) is 10.3. The van der Waals surface area contributed by atoms with Crippen LogP contribution < -0.4 is 5.32 Å². The number of benzene rings is 1. The van der Waals surface area contributed by atoms with Gasteiger partial charge in [0.15, 0.2) is 0 Å². The van der Waals surface area contributed by atoms with Crippen LogP contribution in [0.3, 0.4) is 0 Å². The lowest BCUT2D eigenvalue weighted by molar-refractivity contribution is 0.0963. The summed E-state index contributed by atoms with van der Waals surface area (Å²) < 4.78 is 7.22. The van der Waals surface area contributed by atoms with Crippen molar-refractivity contribution >= 4 is 5.91 Å². The first-order valence-electron chi connectivity index (χ1n) is 3.53. The molecule has 0 heterocycles. The van der Waals surface area contributed by atoms with Gasteiger partial charge in [-0.15, -0.1) is 0 Å². The molecule has 0 unspecified atom stereocenters. The summed E-state index contributed by atoms with van der Waals surface area (Å²) in [5.74, 6) is -0.154. The third-order valence-corrected chi connectivity index (χ3v) is 1.20. The van der Waals surface area contributed by atoms with Crippen molar-refractivity contribution in [2.24, 2.45) is 0 Å². The van der Waals surface area contributed by atoms with Crippen LogP contribution in [0.15, 0.2) is 30.3 Å². The van der Waals surface area contributed by atoms with Crippen LogP contribution in [0.2, 0.25) is 0 Å². The lowest BCUT2D eigenvalue weighted by Gasteiger charge is -1.96. The van der Waals surface area contributed by atoms with Gasteiger partial charge in [0.25, 0.3) is 5.91 Å². The Hall–Kier alpha value is -1.31. The Kier molecular flexibility index (Phi) is 1.65. The van der Waals surface area contributed by atoms with Crippen molar-refractivity contribution in [2.75, 3.05) is 7.05 Å². The number of carbonyl (C=O) groups excluding carboxylic acids is 1. The van der Waals surface area contributed by atoms with Crippen molar-refractivity contribution in [3.05, 3.63) is 35.9 Å². The van der Waals surface area contributed by atoms with Gasteiger partial charge in [-0.25, -0.2) is 0 Å². The van der Waals surface area contributed by atoms with E-state index < -0.39 is 0 Å². The van der Waals surface area contributed by atoms with Gasteiger partial charge in [-0.05, 0) is 12.1 Å². The fourth-order valence-electron chi connectivity index (χ4n) is 0.679. The second-order valence-corrected chi connectivity index (χ2v) is 1.87. The fraction of sp³-hybridized carbons (Fsp3) is 0.125. The highest BCUT2D eigenvalue weighted by atomic mass is 16.1. The van der Waals surface area contributed by atoms with Crippen LogP contribution in [-0.4, -0.2) is 13.0 Å². The maximum atomic E-state index is 11.0. The first-order valence-corrected chi connectivity index (χ1v) is 3.03. The molecule has 10 heavy (non-hydrogen) atoms. The first kappa shape index (κ1) is 5.47. The van der Waals surface area contributed by atoms with Crippen LogP contribution in [0.5, 0.6) is 0 Å². The lowest BCUT2D eigenvalue weighted by atomic mass is 10.2. The maximum absolute atomic E-state index is 11.0. The number of hydrogen-bond donors (Lipinski definition) is 1. The summed E-state index contributed by atoms with van der Waals surface area (Å²) in [6, 6.07) is 6.88. The van der Waals surface area contributed by atoms with E-state index in [0.29, 0.717) is 11.6 Å². The summed E-state index contributed by atoms with van der Waals surface area (Å²) in [6.07, 6.45) is 0. The number of nitrogens with one attached hydrogen (secondary N) is 1. The zero-order valence-electron chi connectivity index (χ0n) is 6.72. The Morgan fingerprint density at radius 1 is 1.60 bits per heavy atom. The monoisotopic (exact) mass is 136 g/mol. The van der Waals surface area contributed by atoms with Gasteiger partial charge in [0, 0.05) is 12.6 Å². The number of carbonyl (C=O) groups is 1. The van der Waals surface area contributed by atoms with Gasteiger partial charge in [-0.2, -0.15) is 0 Å². The molecule has 0 aliphatic rings. The van der Waals surface area contributed by atoms with E-state index in [4.69, 9.17) is 1.37 Å². The van der Waals surface area contributed by atoms with Crippen molar-refractivity contribution in [1.82, 2.24) is 5.32 Å². The third kappa shape index (κ3) is 1.35. The number of amides is 1. The molecule has 0 aliphatic carbocycles. The van der Waals surface area contributed by atoms with Crippen LogP contribution in [0, 0.1) is 0 Å². The van der Waals surface area contributed by atoms with E-state index in [1.54, 1.807) is 25.2 Å². The summed E-state index contributed by atoms with van der Waals surface area (Å²) in [6.45, 7) is 0. The Morgan fingerprint density at radius 3 is 3.00 bits per heavy atom. The average Bonchev–Trinajstić information content (AvgIpc) is 2.03. The van der Waals surface area contributed by atoms with Crippen molar-refractivity contribution in [2.45, 2.75) is 0 Å². The molecule has 1 N–H and O–H groups in total. The van der Waals surface area contributed by atoms with E-state index in [0.717, 1.165) is 0 Å². The van der Waals surface area contributed by atoms with Gasteiger partial charge in [-0.1, -0.05) is 18.2 Å². The zero-order chi connectivity index (χ0) is 8.27. The largest absolute Gasteiger partial charge is 0.355 e. The number of rotatable bonds is 1. The van der Waals surface area contributed by atoms with Crippen molar-refractivity contribution < 1.29 is 6.17 Å². The summed E-state index contributed by atoms with van der Waals surface area (Å²) in [4.78, 5) is 11.0. The molecule has 0 saturated heterocycles. The SMILES string of the molecule is [2H]c1cccc(C(=O)NC)c1. The van der Waals surface area contributed by atoms with Gasteiger partial charge in [0.05, 0.1) is 1.37 Å². The lowest BCUT2D eigenvalue weighted by Crippen LogP contribution is -2.17. The quantitative estimate of drug-likeness (QED) is 0.614. The minimum atomic E-state index is -0.154. The topological polar surface area (TPSA) is 29.1 Å². The zero-order valence-corrected chi connectivity index (χ0v) is 5.72. The highest BCUT2D eigenvalue weighted by molar-refractivity contribution is 5.93. The molecule has 1 rings (SSSR count). The van der Waals surface area contributed by atoms with Crippen LogP contribution >= 0.6 is 0 Å². The van der Waals surface area contributed by atoms with Gasteiger partial charge in [0.1, 0.15) is 0 Å². The molecule has 1 aromatic carbocycles. The summed E-state index contributed by atoms with van der Waals surface area (Å²) in [7, 11) is 1.57. The van der Waals surface area contributed by atoms with Gasteiger partial charge < -0.3 is 5.32 Å². The van der Waals surface area contributed by atoms with Gasteiger partial charge >= 0.3 is 0 Å². The van der Waals surface area contributed by atoms with Crippen LogP contribution in [0.4, 0.5) is 0 Å². The first-order chi connectivity index (χ1) is 5.24. The highest BCUT2D eigenvalue weighted by Crippen LogP contribution is 1.96. The van der Waals surface area contributed by atoms with E-state index in [1.807, 2.05) is 0 Å². The Morgan fingerprint density at radius 2 is 2.40 bits per heavy atom. The molecule has 0 spiro atoms. The average molecular weight is 136 g/mol. The molecular weight excluding hydrogens is 126 g/mol. The maximum Gasteiger partial charge on any atom is 0.251 e. The Bertz CT molecular complexity index is 273. The molecule has 52 valence electrons. The third-order valence-electron chi connectivity index (χ3n) is 1.20. The minimum absolute atomic E-state index is 0.154. The van der Waals surface area contributed by atoms with E-state index in [9.17, 15) is 4.79 Å². The van der Waals surface area contributed by atoms with Gasteiger partial charge in [-0.3, -0.25) is 4.79 Å². The van der Waals surface area contributed by atoms with Crippen LogP contribution in [-0.2, 0) is 0 Å². The highest BCUT2D eigenvalue weighted by Gasteiger charge is 1.97. The molecule has 0 saturated carbocycles. The van der Waals surface area contributed by atoms with Crippen LogP contribution in [0.1, 0.15) is 11.7 Å². The standard InChI is InChI=1S/C8H9NO/c1-9-8(10)7-5-3-2-4-6-7/h2-6H,1H3,(H,9,10)/i3D. The summed E-state index contributed by atoms with van der Waals surface area (Å²) in [5.41, 5.74) is 0.528. The molecule has 0 fully saturated rings. The second kappa shape index (κ2) is 3.01. The van der Waals surface area contributed by atoms with Crippen molar-refractivity contribution in [3.63, 3.8) is 0 Å². The molecule has 2 heteroatoms. The van der Waals surface area contributed by atoms with Crippen molar-refractivity contribution in [1.29, 1.82) is 0 Å². The second-order valence-electron chi connectivity index (χ2n) is 1.87. The van der Waals surface area contributed by atoms with Crippen LogP contribution in [0.25, 0.3) is 0 Å². The van der Waals surface area contributed by atoms with E-state index >= 15 is 0 Å². The minimum Gasteiger partial charge on any atom is -0.355 e. The van der Waals surface area contributed by atoms with Crippen molar-refractivity contribution in [3.8, 4) is 0 Å². The van der Waals surface area contributed by atoms with E-state index in [-0.39, 0.29) is 5.91 Å². The molecule has 0 aromatic heterocycles. The fourth-order valence-corrected chi connectivity index (χ4v) is 0.679. The van der Waals surface area contributed by atoms with E-state index in [1.165, 1.54) is 6.07 Å². The Labute approximate surface area is 61.3 Å². The molecule has 1 amide bonds. The van der Waals surface area contributed by atoms with E-state index in [2.05, 4.69) is 5.32 Å². The number of hydrogen-bond acceptors (Lipinski definition) is 1. The summed E-state index contributed by atoms with van der Waals surface area (Å²) >= 11 is 0.